The Bertz CT molecular complexity index is 60.6. The fourth-order valence-corrected chi connectivity index (χ4v) is 0.539. The lowest BCUT2D eigenvalue weighted by Gasteiger charge is -2.24. The van der Waals surface area contributed by atoms with Gasteiger partial charge in [-0.1, -0.05) is 0 Å². The average molecular weight is 154 g/mol. The van der Waals surface area contributed by atoms with Crippen molar-refractivity contribution in [3.8, 4) is 0 Å². The Morgan fingerprint density at radius 1 is 1.22 bits per heavy atom. The first-order valence-electron chi connectivity index (χ1n) is 2.95. The summed E-state index contributed by atoms with van der Waals surface area (Å²) in [6.07, 6.45) is 0.795. The maximum absolute atomic E-state index is 9.97. The number of quaternary nitrogens is 1. The van der Waals surface area contributed by atoms with Crippen molar-refractivity contribution in [1.82, 2.24) is 0 Å². The molecule has 0 aromatic rings. The summed E-state index contributed by atoms with van der Waals surface area (Å²) >= 11 is 0. The molecule has 0 fully saturated rings. The van der Waals surface area contributed by atoms with Crippen molar-refractivity contribution in [1.29, 1.82) is 0 Å². The molecular formula is C6H16ClNO. The molecule has 0 saturated heterocycles. The van der Waals surface area contributed by atoms with E-state index in [1.807, 2.05) is 0 Å². The lowest BCUT2D eigenvalue weighted by molar-refractivity contribution is -0.871. The number of hydrogen-bond acceptors (Lipinski definition) is 1. The molecule has 0 unspecified atom stereocenters. The standard InChI is InChI=1S/C6H15NO.ClH/c1-7(2,3)5-4-6-8;/h4-6H2,1-3H3;1H. The zero-order valence-electron chi connectivity index (χ0n) is 6.39. The highest BCUT2D eigenvalue weighted by Gasteiger charge is 2.01. The van der Waals surface area contributed by atoms with Gasteiger partial charge in [-0.15, -0.1) is 19.0 Å². The van der Waals surface area contributed by atoms with E-state index in [0.717, 1.165) is 17.4 Å². The van der Waals surface area contributed by atoms with E-state index in [9.17, 15) is 5.11 Å². The van der Waals surface area contributed by atoms with E-state index in [0.29, 0.717) is 0 Å². The summed E-state index contributed by atoms with van der Waals surface area (Å²) in [7, 11) is 6.28. The Balaban J connectivity index is 0. The monoisotopic (exact) mass is 153 g/mol. The fraction of sp³-hybridized carbons (Fsp3) is 1.00. The van der Waals surface area contributed by atoms with Crippen LogP contribution in [0.1, 0.15) is 6.42 Å². The molecule has 0 N–H and O–H groups in total. The molecule has 0 aliphatic heterocycles. The summed E-state index contributed by atoms with van der Waals surface area (Å²) in [5, 5.41) is 9.97. The van der Waals surface area contributed by atoms with Crippen LogP contribution in [0.25, 0.3) is 0 Å². The lowest BCUT2D eigenvalue weighted by Crippen LogP contribution is -2.36. The third-order valence-corrected chi connectivity index (χ3v) is 0.973. The molecule has 0 spiro atoms. The third kappa shape index (κ3) is 11.7. The van der Waals surface area contributed by atoms with Gasteiger partial charge < -0.3 is 9.59 Å². The van der Waals surface area contributed by atoms with Crippen molar-refractivity contribution in [2.75, 3.05) is 34.3 Å². The second-order valence-electron chi connectivity index (χ2n) is 3.07. The molecule has 0 aliphatic carbocycles. The van der Waals surface area contributed by atoms with Gasteiger partial charge in [0.25, 0.3) is 0 Å². The minimum Gasteiger partial charge on any atom is -0.854 e. The normalized spacial score (nSPS) is 10.7. The molecule has 0 saturated carbocycles. The van der Waals surface area contributed by atoms with Gasteiger partial charge in [-0.3, -0.25) is 0 Å². The van der Waals surface area contributed by atoms with Crippen LogP contribution in [0.3, 0.4) is 0 Å². The highest BCUT2D eigenvalue weighted by Crippen LogP contribution is 1.90. The first kappa shape index (κ1) is 11.9. The first-order valence-corrected chi connectivity index (χ1v) is 2.95. The minimum atomic E-state index is 0. The van der Waals surface area contributed by atoms with Gasteiger partial charge in [-0.2, -0.15) is 0 Å². The lowest BCUT2D eigenvalue weighted by atomic mass is 10.4. The Morgan fingerprint density at radius 3 is 1.78 bits per heavy atom. The van der Waals surface area contributed by atoms with Crippen LogP contribution in [0.15, 0.2) is 0 Å². The van der Waals surface area contributed by atoms with Crippen LogP contribution in [0.2, 0.25) is 0 Å². The van der Waals surface area contributed by atoms with Crippen LogP contribution >= 0.6 is 12.4 Å². The van der Waals surface area contributed by atoms with Gasteiger partial charge >= 0.3 is 0 Å². The number of hydrogen-bond donors (Lipinski definition) is 0. The van der Waals surface area contributed by atoms with Gasteiger partial charge in [0, 0.05) is 0 Å². The molecule has 0 aromatic heterocycles. The highest BCUT2D eigenvalue weighted by atomic mass is 35.5. The zero-order chi connectivity index (χ0) is 6.62. The summed E-state index contributed by atoms with van der Waals surface area (Å²) < 4.78 is 0.905. The summed E-state index contributed by atoms with van der Waals surface area (Å²) in [6, 6.07) is 0. The summed E-state index contributed by atoms with van der Waals surface area (Å²) in [4.78, 5) is 0. The van der Waals surface area contributed by atoms with Crippen LogP contribution in [0.5, 0.6) is 0 Å². The van der Waals surface area contributed by atoms with E-state index in [2.05, 4.69) is 21.1 Å². The van der Waals surface area contributed by atoms with E-state index < -0.39 is 0 Å². The number of nitrogens with zero attached hydrogens (tertiary/aromatic N) is 1. The molecule has 0 heterocycles. The Morgan fingerprint density at radius 2 is 1.67 bits per heavy atom. The molecule has 0 rings (SSSR count). The number of rotatable bonds is 3. The van der Waals surface area contributed by atoms with Crippen LogP contribution in [-0.2, 0) is 0 Å². The van der Waals surface area contributed by atoms with Crippen molar-refractivity contribution >= 4 is 12.4 Å². The van der Waals surface area contributed by atoms with Crippen molar-refractivity contribution in [3.63, 3.8) is 0 Å². The molecule has 0 aromatic carbocycles. The van der Waals surface area contributed by atoms with Crippen molar-refractivity contribution < 1.29 is 9.59 Å². The second-order valence-corrected chi connectivity index (χ2v) is 3.07. The van der Waals surface area contributed by atoms with E-state index in [4.69, 9.17) is 0 Å². The third-order valence-electron chi connectivity index (χ3n) is 0.973. The SMILES string of the molecule is C[N+](C)(C)CCC[O-].Cl. The van der Waals surface area contributed by atoms with E-state index in [1.165, 1.54) is 0 Å². The molecular weight excluding hydrogens is 138 g/mol. The zero-order valence-corrected chi connectivity index (χ0v) is 7.20. The summed E-state index contributed by atoms with van der Waals surface area (Å²) in [6.45, 7) is 1.05. The van der Waals surface area contributed by atoms with Crippen molar-refractivity contribution in [2.45, 2.75) is 6.42 Å². The van der Waals surface area contributed by atoms with Gasteiger partial charge in [0.1, 0.15) is 0 Å². The molecule has 0 radical (unpaired) electrons. The molecule has 0 aliphatic rings. The van der Waals surface area contributed by atoms with E-state index in [-0.39, 0.29) is 19.0 Å². The van der Waals surface area contributed by atoms with Crippen molar-refractivity contribution in [2.24, 2.45) is 0 Å². The summed E-state index contributed by atoms with van der Waals surface area (Å²) in [5.74, 6) is 0. The average Bonchev–Trinajstić information content (AvgIpc) is 1.59. The Hall–Kier alpha value is 0.210. The predicted molar refractivity (Wildman–Crippen MR) is 39.6 cm³/mol. The van der Waals surface area contributed by atoms with Crippen molar-refractivity contribution in [3.05, 3.63) is 0 Å². The fourth-order valence-electron chi connectivity index (χ4n) is 0.539. The first-order chi connectivity index (χ1) is 3.56. The van der Waals surface area contributed by atoms with Gasteiger partial charge in [0.2, 0.25) is 0 Å². The highest BCUT2D eigenvalue weighted by molar-refractivity contribution is 5.85. The maximum Gasteiger partial charge on any atom is 0.0767 e. The van der Waals surface area contributed by atoms with Gasteiger partial charge in [-0.05, 0) is 6.42 Å². The Labute approximate surface area is 63.5 Å². The Kier molecular flexibility index (Phi) is 6.68. The van der Waals surface area contributed by atoms with Crippen LogP contribution in [0.4, 0.5) is 0 Å². The molecule has 0 amide bonds. The van der Waals surface area contributed by atoms with Crippen LogP contribution in [-0.4, -0.2) is 38.8 Å². The topological polar surface area (TPSA) is 23.1 Å². The molecule has 9 heavy (non-hydrogen) atoms. The van der Waals surface area contributed by atoms with E-state index >= 15 is 0 Å². The smallest absolute Gasteiger partial charge is 0.0767 e. The minimum absolute atomic E-state index is 0. The molecule has 0 bridgehead atoms. The van der Waals surface area contributed by atoms with E-state index in [1.54, 1.807) is 0 Å². The van der Waals surface area contributed by atoms with Gasteiger partial charge in [0.05, 0.1) is 27.7 Å². The quantitative estimate of drug-likeness (QED) is 0.518. The van der Waals surface area contributed by atoms with Crippen LogP contribution in [0, 0.1) is 0 Å². The molecule has 2 nitrogen and oxygen atoms in total. The predicted octanol–water partition coefficient (Wildman–Crippen LogP) is -0.135. The summed E-state index contributed by atoms with van der Waals surface area (Å²) in [5.41, 5.74) is 0. The number of halogens is 1. The van der Waals surface area contributed by atoms with Crippen LogP contribution < -0.4 is 5.11 Å². The molecule has 0 atom stereocenters. The largest absolute Gasteiger partial charge is 0.854 e. The molecule has 58 valence electrons. The molecule has 3 heteroatoms. The van der Waals surface area contributed by atoms with Gasteiger partial charge in [-0.25, -0.2) is 0 Å². The van der Waals surface area contributed by atoms with Gasteiger partial charge in [0.15, 0.2) is 0 Å². The maximum atomic E-state index is 9.97. The second kappa shape index (κ2) is 5.03.